The van der Waals surface area contributed by atoms with Crippen LogP contribution in [0.2, 0.25) is 5.02 Å². The lowest BCUT2D eigenvalue weighted by atomic mass is 9.78. The quantitative estimate of drug-likeness (QED) is 0.820. The Labute approximate surface area is 151 Å². The maximum Gasteiger partial charge on any atom is 0.253 e. The molecule has 0 bridgehead atoms. The minimum atomic E-state index is -0.610. The van der Waals surface area contributed by atoms with Gasteiger partial charge in [-0.2, -0.15) is 0 Å². The molecule has 2 saturated heterocycles. The van der Waals surface area contributed by atoms with Crippen molar-refractivity contribution in [1.82, 2.24) is 9.80 Å². The smallest absolute Gasteiger partial charge is 0.253 e. The van der Waals surface area contributed by atoms with Crippen LogP contribution in [0.1, 0.15) is 29.6 Å². The first-order chi connectivity index (χ1) is 12.0. The summed E-state index contributed by atoms with van der Waals surface area (Å²) in [5.74, 6) is -0.761. The van der Waals surface area contributed by atoms with Crippen LogP contribution in [-0.4, -0.2) is 61.5 Å². The highest BCUT2D eigenvalue weighted by Gasteiger charge is 2.49. The third-order valence-corrected chi connectivity index (χ3v) is 5.50. The van der Waals surface area contributed by atoms with E-state index in [-0.39, 0.29) is 22.4 Å². The normalized spacial score (nSPS) is 23.6. The molecule has 0 aromatic heterocycles. The molecule has 25 heavy (non-hydrogen) atoms. The number of ether oxygens (including phenoxy) is 1. The van der Waals surface area contributed by atoms with E-state index in [1.54, 1.807) is 12.0 Å². The van der Waals surface area contributed by atoms with Crippen molar-refractivity contribution in [2.75, 3.05) is 39.9 Å². The fourth-order valence-electron chi connectivity index (χ4n) is 3.80. The molecular formula is C18H22ClFN2O3. The number of rotatable bonds is 4. The zero-order valence-corrected chi connectivity index (χ0v) is 15.0. The third-order valence-electron chi connectivity index (χ3n) is 5.20. The number of carbonyl (C=O) groups is 2. The molecule has 0 aliphatic carbocycles. The molecule has 0 radical (unpaired) electrons. The predicted molar refractivity (Wildman–Crippen MR) is 92.1 cm³/mol. The largest absolute Gasteiger partial charge is 0.383 e. The monoisotopic (exact) mass is 368 g/mol. The number of likely N-dealkylation sites (tertiary alicyclic amines) is 2. The number of amides is 2. The SMILES string of the molecule is COCCN1CCC[C@@]2(CCN(C(=O)c3ccc(Cl)c(F)c3)C2)C1=O. The van der Waals surface area contributed by atoms with Crippen molar-refractivity contribution in [2.45, 2.75) is 19.3 Å². The molecule has 2 aliphatic rings. The number of halogens is 2. The minimum absolute atomic E-state index is 0.00862. The van der Waals surface area contributed by atoms with E-state index < -0.39 is 11.2 Å². The van der Waals surface area contributed by atoms with Crippen molar-refractivity contribution in [2.24, 2.45) is 5.41 Å². The summed E-state index contributed by atoms with van der Waals surface area (Å²) in [7, 11) is 1.62. The van der Waals surface area contributed by atoms with Crippen molar-refractivity contribution in [3.63, 3.8) is 0 Å². The lowest BCUT2D eigenvalue weighted by Gasteiger charge is -2.39. The fraction of sp³-hybridized carbons (Fsp3) is 0.556. The number of carbonyl (C=O) groups excluding carboxylic acids is 2. The average molecular weight is 369 g/mol. The zero-order valence-electron chi connectivity index (χ0n) is 14.3. The highest BCUT2D eigenvalue weighted by Crippen LogP contribution is 2.40. The summed E-state index contributed by atoms with van der Waals surface area (Å²) in [4.78, 5) is 29.1. The van der Waals surface area contributed by atoms with Gasteiger partial charge in [0, 0.05) is 38.9 Å². The van der Waals surface area contributed by atoms with E-state index in [0.717, 1.165) is 25.5 Å². The van der Waals surface area contributed by atoms with Crippen LogP contribution in [0, 0.1) is 11.2 Å². The lowest BCUT2D eigenvalue weighted by molar-refractivity contribution is -0.146. The van der Waals surface area contributed by atoms with E-state index in [1.165, 1.54) is 12.1 Å². The zero-order chi connectivity index (χ0) is 18.0. The van der Waals surface area contributed by atoms with Crippen LogP contribution in [0.25, 0.3) is 0 Å². The first-order valence-corrected chi connectivity index (χ1v) is 8.87. The fourth-order valence-corrected chi connectivity index (χ4v) is 3.92. The summed E-state index contributed by atoms with van der Waals surface area (Å²) < 4.78 is 18.7. The molecule has 0 saturated carbocycles. The van der Waals surface area contributed by atoms with Gasteiger partial charge in [-0.3, -0.25) is 9.59 Å². The van der Waals surface area contributed by atoms with Gasteiger partial charge < -0.3 is 14.5 Å². The number of hydrogen-bond donors (Lipinski definition) is 0. The molecular weight excluding hydrogens is 347 g/mol. The molecule has 0 unspecified atom stereocenters. The van der Waals surface area contributed by atoms with E-state index in [4.69, 9.17) is 16.3 Å². The first kappa shape index (κ1) is 18.1. The van der Waals surface area contributed by atoms with Crippen LogP contribution < -0.4 is 0 Å². The molecule has 2 amide bonds. The molecule has 1 aromatic rings. The molecule has 136 valence electrons. The number of hydrogen-bond acceptors (Lipinski definition) is 3. The molecule has 2 aliphatic heterocycles. The van der Waals surface area contributed by atoms with Crippen LogP contribution in [0.4, 0.5) is 4.39 Å². The van der Waals surface area contributed by atoms with Crippen molar-refractivity contribution in [1.29, 1.82) is 0 Å². The van der Waals surface area contributed by atoms with E-state index in [0.29, 0.717) is 32.7 Å². The highest BCUT2D eigenvalue weighted by atomic mass is 35.5. The number of nitrogens with zero attached hydrogens (tertiary/aromatic N) is 2. The summed E-state index contributed by atoms with van der Waals surface area (Å²) in [6.45, 7) is 2.72. The number of methoxy groups -OCH3 is 1. The summed E-state index contributed by atoms with van der Waals surface area (Å²) in [6, 6.07) is 4.06. The van der Waals surface area contributed by atoms with Gasteiger partial charge >= 0.3 is 0 Å². The topological polar surface area (TPSA) is 49.9 Å². The van der Waals surface area contributed by atoms with Gasteiger partial charge in [-0.25, -0.2) is 4.39 Å². The van der Waals surface area contributed by atoms with Crippen LogP contribution >= 0.6 is 11.6 Å². The molecule has 1 aromatic carbocycles. The van der Waals surface area contributed by atoms with E-state index >= 15 is 0 Å². The van der Waals surface area contributed by atoms with Gasteiger partial charge in [-0.15, -0.1) is 0 Å². The Morgan fingerprint density at radius 3 is 2.88 bits per heavy atom. The van der Waals surface area contributed by atoms with Gasteiger partial charge in [0.25, 0.3) is 5.91 Å². The molecule has 5 nitrogen and oxygen atoms in total. The van der Waals surface area contributed by atoms with Crippen molar-refractivity contribution < 1.29 is 18.7 Å². The maximum absolute atomic E-state index is 13.6. The van der Waals surface area contributed by atoms with Crippen LogP contribution in [-0.2, 0) is 9.53 Å². The molecule has 3 rings (SSSR count). The van der Waals surface area contributed by atoms with E-state index in [9.17, 15) is 14.0 Å². The third kappa shape index (κ3) is 3.51. The highest BCUT2D eigenvalue weighted by molar-refractivity contribution is 6.30. The summed E-state index contributed by atoms with van der Waals surface area (Å²) in [5.41, 5.74) is -0.245. The van der Waals surface area contributed by atoms with Crippen molar-refractivity contribution in [3.05, 3.63) is 34.6 Å². The van der Waals surface area contributed by atoms with Crippen molar-refractivity contribution in [3.8, 4) is 0 Å². The molecule has 7 heteroatoms. The maximum atomic E-state index is 13.6. The van der Waals surface area contributed by atoms with Gasteiger partial charge in [0.1, 0.15) is 5.82 Å². The summed E-state index contributed by atoms with van der Waals surface area (Å²) in [5, 5.41) is -0.00862. The van der Waals surface area contributed by atoms with Crippen LogP contribution in [0.5, 0.6) is 0 Å². The Balaban J connectivity index is 1.72. The molecule has 2 fully saturated rings. The van der Waals surface area contributed by atoms with E-state index in [2.05, 4.69) is 0 Å². The van der Waals surface area contributed by atoms with Crippen LogP contribution in [0.3, 0.4) is 0 Å². The Kier molecular flexibility index (Phi) is 5.29. The Bertz CT molecular complexity index is 684. The second-order valence-corrected chi connectivity index (χ2v) is 7.18. The molecule has 1 spiro atoms. The first-order valence-electron chi connectivity index (χ1n) is 8.49. The van der Waals surface area contributed by atoms with Crippen LogP contribution in [0.15, 0.2) is 18.2 Å². The molecule has 1 atom stereocenters. The Morgan fingerprint density at radius 2 is 2.16 bits per heavy atom. The average Bonchev–Trinajstić information content (AvgIpc) is 3.03. The van der Waals surface area contributed by atoms with Gasteiger partial charge in [0.2, 0.25) is 5.91 Å². The number of piperidine rings is 1. The van der Waals surface area contributed by atoms with Gasteiger partial charge in [-0.05, 0) is 37.5 Å². The minimum Gasteiger partial charge on any atom is -0.383 e. The van der Waals surface area contributed by atoms with E-state index in [1.807, 2.05) is 4.90 Å². The van der Waals surface area contributed by atoms with Gasteiger partial charge in [0.15, 0.2) is 0 Å². The predicted octanol–water partition coefficient (Wildman–Crippen LogP) is 2.58. The number of benzene rings is 1. The van der Waals surface area contributed by atoms with Gasteiger partial charge in [-0.1, -0.05) is 11.6 Å². The molecule has 2 heterocycles. The lowest BCUT2D eigenvalue weighted by Crippen LogP contribution is -2.51. The summed E-state index contributed by atoms with van der Waals surface area (Å²) >= 11 is 5.68. The summed E-state index contributed by atoms with van der Waals surface area (Å²) in [6.07, 6.45) is 2.36. The Hall–Kier alpha value is -1.66. The van der Waals surface area contributed by atoms with Gasteiger partial charge in [0.05, 0.1) is 17.0 Å². The Morgan fingerprint density at radius 1 is 1.36 bits per heavy atom. The standard InChI is InChI=1S/C18H22ClFN2O3/c1-25-10-9-21-7-2-5-18(17(21)24)6-8-22(12-18)16(23)13-3-4-14(19)15(20)11-13/h3-4,11H,2,5-10,12H2,1H3/t18-/m0/s1. The second-order valence-electron chi connectivity index (χ2n) is 6.77. The molecule has 0 N–H and O–H groups in total. The van der Waals surface area contributed by atoms with Crippen molar-refractivity contribution >= 4 is 23.4 Å². The second kappa shape index (κ2) is 7.30.